The second kappa shape index (κ2) is 8.77. The fraction of sp³-hybridized carbons (Fsp3) is 0.300. The predicted octanol–water partition coefficient (Wildman–Crippen LogP) is 2.07. The number of likely N-dealkylation sites (N-methyl/N-ethyl adjacent to an activating group) is 1. The number of phenolic OH excluding ortho intramolecular Hbond substituents is 1. The molecule has 6 atom stereocenters. The van der Waals surface area contributed by atoms with Crippen LogP contribution in [0.5, 0.6) is 5.75 Å². The van der Waals surface area contributed by atoms with Crippen LogP contribution in [0.15, 0.2) is 69.5 Å². The first-order chi connectivity index (χ1) is 19.3. The standard InChI is InChI=1S/C30H28N2O9/c1-11-13-8-9-14(16-10-12-6-4-5-7-15(12)41-16)23(33)18(13)24(34)19-17(11)25(35)21-22(32(2)3)26(36)20(29(31)39)28(38)30(21,40)27(19)37/h4-11,17,21-22,25,33,35-37,40H,1-3H3,(H2,31,39)/t11-,17+,21+,22-,25-,30-/m1/s1. The molecule has 0 aliphatic heterocycles. The molecule has 11 heteroatoms. The maximum atomic E-state index is 14.0. The normalized spacial score (nSPS) is 29.6. The van der Waals surface area contributed by atoms with Gasteiger partial charge in [-0.3, -0.25) is 19.3 Å². The molecule has 0 bridgehead atoms. The molecule has 1 heterocycles. The molecule has 41 heavy (non-hydrogen) atoms. The quantitative estimate of drug-likeness (QED) is 0.258. The number of fused-ring (bicyclic) bond motifs is 4. The van der Waals surface area contributed by atoms with Gasteiger partial charge in [-0.1, -0.05) is 31.2 Å². The van der Waals surface area contributed by atoms with Crippen molar-refractivity contribution in [2.75, 3.05) is 14.1 Å². The first kappa shape index (κ1) is 26.8. The number of carbonyl (C=O) groups is 3. The highest BCUT2D eigenvalue weighted by Gasteiger charge is 2.67. The Balaban J connectivity index is 1.57. The Labute approximate surface area is 233 Å². The van der Waals surface area contributed by atoms with Crippen LogP contribution in [-0.2, 0) is 9.59 Å². The molecule has 6 rings (SSSR count). The molecule has 0 radical (unpaired) electrons. The maximum absolute atomic E-state index is 14.0. The minimum absolute atomic E-state index is 0.177. The van der Waals surface area contributed by atoms with Crippen molar-refractivity contribution in [3.8, 4) is 17.1 Å². The molecule has 2 aromatic carbocycles. The minimum atomic E-state index is -2.96. The number of aliphatic hydroxyl groups excluding tert-OH is 3. The van der Waals surface area contributed by atoms with Crippen molar-refractivity contribution in [3.63, 3.8) is 0 Å². The largest absolute Gasteiger partial charge is 0.510 e. The number of phenols is 1. The van der Waals surface area contributed by atoms with E-state index in [1.54, 1.807) is 37.3 Å². The third-order valence-corrected chi connectivity index (χ3v) is 8.82. The van der Waals surface area contributed by atoms with Crippen molar-refractivity contribution in [3.05, 3.63) is 76.3 Å². The van der Waals surface area contributed by atoms with Crippen LogP contribution in [-0.4, -0.2) is 79.7 Å². The summed E-state index contributed by atoms with van der Waals surface area (Å²) in [6.07, 6.45) is -1.65. The molecule has 1 aromatic heterocycles. The minimum Gasteiger partial charge on any atom is -0.510 e. The SMILES string of the molecule is C[C@@H]1c2ccc(-c3cc4ccccc4o3)c(O)c2C(=O)C2=C(O)[C@@]3(O)C(=O)C(C(N)=O)=C(O)[C@H](N(C)C)[C@H]3[C@H](O)[C@H]21. The molecular formula is C30H28N2O9. The highest BCUT2D eigenvalue weighted by atomic mass is 16.4. The highest BCUT2D eigenvalue weighted by molar-refractivity contribution is 6.25. The molecule has 3 aliphatic carbocycles. The molecule has 0 fully saturated rings. The van der Waals surface area contributed by atoms with Crippen molar-refractivity contribution in [2.45, 2.75) is 30.6 Å². The number of carbonyl (C=O) groups excluding carboxylic acids is 3. The Hall–Kier alpha value is -4.45. The van der Waals surface area contributed by atoms with Gasteiger partial charge in [0, 0.05) is 16.9 Å². The van der Waals surface area contributed by atoms with Gasteiger partial charge in [0.25, 0.3) is 5.91 Å². The molecule has 3 aliphatic rings. The first-order valence-electron chi connectivity index (χ1n) is 13.0. The number of Topliss-reactive ketones (excluding diaryl/α,β-unsaturated/α-hetero) is 2. The smallest absolute Gasteiger partial charge is 0.255 e. The van der Waals surface area contributed by atoms with E-state index in [0.717, 1.165) is 5.39 Å². The number of aromatic hydroxyl groups is 1. The molecule has 7 N–H and O–H groups in total. The third-order valence-electron chi connectivity index (χ3n) is 8.82. The summed E-state index contributed by atoms with van der Waals surface area (Å²) in [5, 5.41) is 58.0. The number of aliphatic hydroxyl groups is 4. The van der Waals surface area contributed by atoms with Crippen LogP contribution in [0.3, 0.4) is 0 Å². The van der Waals surface area contributed by atoms with Gasteiger partial charge < -0.3 is 35.7 Å². The van der Waals surface area contributed by atoms with E-state index >= 15 is 0 Å². The lowest BCUT2D eigenvalue weighted by atomic mass is 9.55. The summed E-state index contributed by atoms with van der Waals surface area (Å²) in [7, 11) is 2.97. The van der Waals surface area contributed by atoms with Crippen molar-refractivity contribution in [2.24, 2.45) is 17.6 Å². The van der Waals surface area contributed by atoms with E-state index in [1.807, 2.05) is 12.1 Å². The van der Waals surface area contributed by atoms with E-state index in [1.165, 1.54) is 19.0 Å². The number of primary amides is 1. The van der Waals surface area contributed by atoms with Crippen molar-refractivity contribution in [1.82, 2.24) is 4.90 Å². The van der Waals surface area contributed by atoms with Crippen LogP contribution >= 0.6 is 0 Å². The summed E-state index contributed by atoms with van der Waals surface area (Å²) in [5.41, 5.74) is 1.96. The topological polar surface area (TPSA) is 195 Å². The lowest BCUT2D eigenvalue weighted by Gasteiger charge is -2.53. The lowest BCUT2D eigenvalue weighted by molar-refractivity contribution is -0.162. The van der Waals surface area contributed by atoms with E-state index in [-0.39, 0.29) is 16.9 Å². The fourth-order valence-corrected chi connectivity index (χ4v) is 6.94. The van der Waals surface area contributed by atoms with Crippen LogP contribution < -0.4 is 5.73 Å². The number of nitrogens with zero attached hydrogens (tertiary/aromatic N) is 1. The number of ketones is 2. The van der Waals surface area contributed by atoms with Crippen molar-refractivity contribution < 1.29 is 44.3 Å². The fourth-order valence-electron chi connectivity index (χ4n) is 6.94. The Bertz CT molecular complexity index is 1720. The number of nitrogens with two attached hydrogens (primary N) is 1. The van der Waals surface area contributed by atoms with E-state index in [9.17, 15) is 39.9 Å². The second-order valence-electron chi connectivity index (χ2n) is 11.1. The van der Waals surface area contributed by atoms with Gasteiger partial charge in [-0.2, -0.15) is 0 Å². The molecule has 11 nitrogen and oxygen atoms in total. The summed E-state index contributed by atoms with van der Waals surface area (Å²) >= 11 is 0. The molecule has 0 saturated heterocycles. The second-order valence-corrected chi connectivity index (χ2v) is 11.1. The average Bonchev–Trinajstić information content (AvgIpc) is 3.34. The number of hydrogen-bond acceptors (Lipinski definition) is 10. The number of hydrogen-bond donors (Lipinski definition) is 6. The van der Waals surface area contributed by atoms with Gasteiger partial charge in [0.1, 0.15) is 34.2 Å². The van der Waals surface area contributed by atoms with Crippen LogP contribution in [0, 0.1) is 11.8 Å². The maximum Gasteiger partial charge on any atom is 0.255 e. The van der Waals surface area contributed by atoms with Crippen LogP contribution in [0.4, 0.5) is 0 Å². The molecule has 212 valence electrons. The molecule has 1 amide bonds. The molecule has 0 unspecified atom stereocenters. The zero-order chi connectivity index (χ0) is 29.7. The summed E-state index contributed by atoms with van der Waals surface area (Å²) in [5.74, 6) is -9.03. The van der Waals surface area contributed by atoms with Gasteiger partial charge in [0.2, 0.25) is 5.78 Å². The summed E-state index contributed by atoms with van der Waals surface area (Å²) in [6, 6.07) is 10.8. The Kier molecular flexibility index (Phi) is 5.73. The van der Waals surface area contributed by atoms with Crippen LogP contribution in [0.25, 0.3) is 22.3 Å². The van der Waals surface area contributed by atoms with E-state index < -0.39 is 81.4 Å². The van der Waals surface area contributed by atoms with Crippen LogP contribution in [0.1, 0.15) is 28.8 Å². The van der Waals surface area contributed by atoms with Crippen molar-refractivity contribution in [1.29, 1.82) is 0 Å². The van der Waals surface area contributed by atoms with E-state index in [0.29, 0.717) is 11.1 Å². The monoisotopic (exact) mass is 560 g/mol. The summed E-state index contributed by atoms with van der Waals surface area (Å²) in [4.78, 5) is 41.1. The average molecular weight is 561 g/mol. The highest BCUT2D eigenvalue weighted by Crippen LogP contribution is 2.56. The van der Waals surface area contributed by atoms with E-state index in [2.05, 4.69) is 0 Å². The number of benzene rings is 2. The van der Waals surface area contributed by atoms with Gasteiger partial charge in [-0.05, 0) is 43.8 Å². The molecule has 0 saturated carbocycles. The summed E-state index contributed by atoms with van der Waals surface area (Å²) in [6.45, 7) is 1.68. The number of amides is 1. The van der Waals surface area contributed by atoms with Gasteiger partial charge >= 0.3 is 0 Å². The Morgan fingerprint density at radius 2 is 1.76 bits per heavy atom. The summed E-state index contributed by atoms with van der Waals surface area (Å²) < 4.78 is 5.88. The van der Waals surface area contributed by atoms with Gasteiger partial charge in [-0.25, -0.2) is 0 Å². The lowest BCUT2D eigenvalue weighted by Crippen LogP contribution is -2.68. The van der Waals surface area contributed by atoms with Gasteiger partial charge in [-0.15, -0.1) is 0 Å². The predicted molar refractivity (Wildman–Crippen MR) is 145 cm³/mol. The molecule has 3 aromatic rings. The zero-order valence-corrected chi connectivity index (χ0v) is 22.3. The van der Waals surface area contributed by atoms with E-state index in [4.69, 9.17) is 10.2 Å². The Morgan fingerprint density at radius 1 is 1.07 bits per heavy atom. The van der Waals surface area contributed by atoms with Gasteiger partial charge in [0.15, 0.2) is 11.4 Å². The zero-order valence-electron chi connectivity index (χ0n) is 22.3. The van der Waals surface area contributed by atoms with Gasteiger partial charge in [0.05, 0.1) is 29.2 Å². The number of furan rings is 1. The molecular weight excluding hydrogens is 532 g/mol. The Morgan fingerprint density at radius 3 is 2.39 bits per heavy atom. The number of para-hydroxylation sites is 1. The van der Waals surface area contributed by atoms with Crippen molar-refractivity contribution >= 4 is 28.4 Å². The molecule has 0 spiro atoms. The first-order valence-corrected chi connectivity index (χ1v) is 13.0. The van der Waals surface area contributed by atoms with Crippen LogP contribution in [0.2, 0.25) is 0 Å². The third kappa shape index (κ3) is 3.33. The number of rotatable bonds is 3.